The molecule has 218 valence electrons. The van der Waals surface area contributed by atoms with Crippen molar-refractivity contribution in [1.29, 1.82) is 0 Å². The molecule has 0 aliphatic heterocycles. The smallest absolute Gasteiger partial charge is 0.387 e. The Balaban J connectivity index is 1.63. The number of benzene rings is 3. The third-order valence-electron chi connectivity index (χ3n) is 5.63. The van der Waals surface area contributed by atoms with Gasteiger partial charge in [0.05, 0.1) is 35.0 Å². The largest absolute Gasteiger partial charge is 0.487 e. The number of halogens is 3. The Morgan fingerprint density at radius 3 is 2.12 bits per heavy atom. The Labute approximate surface area is 234 Å². The summed E-state index contributed by atoms with van der Waals surface area (Å²) in [6, 6.07) is 11.4. The van der Waals surface area contributed by atoms with Crippen LogP contribution in [0.25, 0.3) is 22.2 Å². The summed E-state index contributed by atoms with van der Waals surface area (Å²) in [6.45, 7) is -1.87. The second kappa shape index (κ2) is 13.5. The number of nitrogens with one attached hydrogen (secondary N) is 1. The van der Waals surface area contributed by atoms with Crippen LogP contribution in [-0.4, -0.2) is 65.6 Å². The van der Waals surface area contributed by atoms with E-state index in [-0.39, 0.29) is 40.8 Å². The number of hydrogen-bond donors (Lipinski definition) is 1. The first kappa shape index (κ1) is 29.8. The molecule has 14 heteroatoms. The molecule has 1 aromatic heterocycles. The Kier molecular flexibility index (Phi) is 9.81. The Morgan fingerprint density at radius 1 is 0.854 bits per heavy atom. The molecular weight excluding hydrogens is 567 g/mol. The lowest BCUT2D eigenvalue weighted by Crippen LogP contribution is -2.13. The number of fused-ring (bicyclic) bond motifs is 1. The second-order valence-electron chi connectivity index (χ2n) is 8.37. The fourth-order valence-electron chi connectivity index (χ4n) is 3.76. The van der Waals surface area contributed by atoms with Crippen LogP contribution >= 0.6 is 0 Å². The van der Waals surface area contributed by atoms with Crippen molar-refractivity contribution in [2.45, 2.75) is 11.5 Å². The first-order valence-electron chi connectivity index (χ1n) is 12.1. The van der Waals surface area contributed by atoms with E-state index in [1.807, 2.05) is 0 Å². The zero-order valence-electron chi connectivity index (χ0n) is 22.0. The monoisotopic (exact) mass is 593 g/mol. The van der Waals surface area contributed by atoms with E-state index in [2.05, 4.69) is 19.4 Å². The maximum atomic E-state index is 15.4. The molecule has 3 aromatic carbocycles. The highest BCUT2D eigenvalue weighted by molar-refractivity contribution is 7.92. The summed E-state index contributed by atoms with van der Waals surface area (Å²) in [4.78, 5) is 8.32. The van der Waals surface area contributed by atoms with Crippen LogP contribution in [0.4, 0.5) is 18.9 Å². The Hall–Kier alpha value is -4.14. The number of hydrogen-bond acceptors (Lipinski definition) is 9. The summed E-state index contributed by atoms with van der Waals surface area (Å²) in [5, 5.41) is 0.470. The highest BCUT2D eigenvalue weighted by atomic mass is 32.2. The van der Waals surface area contributed by atoms with Crippen LogP contribution in [0.1, 0.15) is 0 Å². The Bertz CT molecular complexity index is 1590. The van der Waals surface area contributed by atoms with Gasteiger partial charge in [0.25, 0.3) is 10.0 Å². The zero-order chi connectivity index (χ0) is 29.4. The number of methoxy groups -OCH3 is 2. The van der Waals surface area contributed by atoms with Gasteiger partial charge in [0.2, 0.25) is 0 Å². The van der Waals surface area contributed by atoms with Crippen LogP contribution in [0.5, 0.6) is 17.2 Å². The van der Waals surface area contributed by atoms with Crippen molar-refractivity contribution in [3.8, 4) is 28.5 Å². The highest BCUT2D eigenvalue weighted by Crippen LogP contribution is 2.37. The van der Waals surface area contributed by atoms with E-state index in [0.717, 1.165) is 30.3 Å². The normalized spacial score (nSPS) is 11.6. The molecule has 41 heavy (non-hydrogen) atoms. The van der Waals surface area contributed by atoms with Gasteiger partial charge in [-0.1, -0.05) is 0 Å². The van der Waals surface area contributed by atoms with Crippen molar-refractivity contribution < 1.29 is 45.3 Å². The predicted octanol–water partition coefficient (Wildman–Crippen LogP) is 4.89. The van der Waals surface area contributed by atoms with Gasteiger partial charge in [0.15, 0.2) is 11.5 Å². The van der Waals surface area contributed by atoms with E-state index in [1.165, 1.54) is 18.5 Å². The number of anilines is 1. The van der Waals surface area contributed by atoms with Gasteiger partial charge in [0.1, 0.15) is 31.1 Å². The molecule has 0 fully saturated rings. The standard InChI is InChI=1S/C27H26F3N3O7S/c1-36-9-11-38-24-14-21-23(15-25(24)39-12-10-37-2)31-16-32-26(21)20-8-3-17(13-22(20)28)33-41(34,35)19-6-4-18(5-7-19)40-27(29)30/h3-8,13-16,27,33H,9-12H2,1-2H3. The van der Waals surface area contributed by atoms with E-state index in [9.17, 15) is 17.2 Å². The lowest BCUT2D eigenvalue weighted by molar-refractivity contribution is -0.0498. The minimum Gasteiger partial charge on any atom is -0.487 e. The summed E-state index contributed by atoms with van der Waals surface area (Å²) in [6.07, 6.45) is 1.28. The van der Waals surface area contributed by atoms with Gasteiger partial charge in [-0.2, -0.15) is 8.78 Å². The van der Waals surface area contributed by atoms with Gasteiger partial charge in [0, 0.05) is 31.2 Å². The highest BCUT2D eigenvalue weighted by Gasteiger charge is 2.19. The van der Waals surface area contributed by atoms with Gasteiger partial charge in [-0.15, -0.1) is 0 Å². The molecule has 0 spiro atoms. The molecule has 0 aliphatic rings. The molecule has 0 bridgehead atoms. The summed E-state index contributed by atoms with van der Waals surface area (Å²) >= 11 is 0. The number of aromatic nitrogens is 2. The molecule has 1 N–H and O–H groups in total. The number of sulfonamides is 1. The maximum Gasteiger partial charge on any atom is 0.387 e. The minimum absolute atomic E-state index is 0.0602. The molecule has 1 heterocycles. The van der Waals surface area contributed by atoms with Crippen molar-refractivity contribution in [1.82, 2.24) is 9.97 Å². The van der Waals surface area contributed by atoms with Gasteiger partial charge >= 0.3 is 6.61 Å². The molecule has 10 nitrogen and oxygen atoms in total. The van der Waals surface area contributed by atoms with E-state index in [0.29, 0.717) is 35.6 Å². The quantitative estimate of drug-likeness (QED) is 0.204. The fourth-order valence-corrected chi connectivity index (χ4v) is 4.81. The van der Waals surface area contributed by atoms with Gasteiger partial charge < -0.3 is 23.7 Å². The first-order valence-corrected chi connectivity index (χ1v) is 13.6. The number of ether oxygens (including phenoxy) is 5. The summed E-state index contributed by atoms with van der Waals surface area (Å²) < 4.78 is 93.8. The third-order valence-corrected chi connectivity index (χ3v) is 7.02. The van der Waals surface area contributed by atoms with Gasteiger partial charge in [-0.05, 0) is 48.5 Å². The molecule has 0 radical (unpaired) electrons. The third kappa shape index (κ3) is 7.54. The van der Waals surface area contributed by atoms with E-state index in [4.69, 9.17) is 18.9 Å². The molecule has 0 amide bonds. The molecule has 4 aromatic rings. The average Bonchev–Trinajstić information content (AvgIpc) is 2.93. The SMILES string of the molecule is COCCOc1cc2ncnc(-c3ccc(NS(=O)(=O)c4ccc(OC(F)F)cc4)cc3F)c2cc1OCCOC. The van der Waals surface area contributed by atoms with Crippen LogP contribution in [0, 0.1) is 5.82 Å². The summed E-state index contributed by atoms with van der Waals surface area (Å²) in [7, 11) is -1.06. The fraction of sp³-hybridized carbons (Fsp3) is 0.259. The van der Waals surface area contributed by atoms with Crippen LogP contribution in [0.2, 0.25) is 0 Å². The molecule has 0 unspecified atom stereocenters. The van der Waals surface area contributed by atoms with Crippen molar-refractivity contribution in [3.05, 3.63) is 66.7 Å². The number of nitrogens with zero attached hydrogens (tertiary/aromatic N) is 2. The number of rotatable bonds is 14. The lowest BCUT2D eigenvalue weighted by Gasteiger charge is -2.15. The lowest BCUT2D eigenvalue weighted by atomic mass is 10.0. The van der Waals surface area contributed by atoms with Crippen LogP contribution in [0.15, 0.2) is 65.8 Å². The van der Waals surface area contributed by atoms with Crippen molar-refractivity contribution in [2.75, 3.05) is 45.4 Å². The molecule has 4 rings (SSSR count). The minimum atomic E-state index is -4.15. The maximum absolute atomic E-state index is 15.4. The van der Waals surface area contributed by atoms with Gasteiger partial charge in [-0.3, -0.25) is 4.72 Å². The van der Waals surface area contributed by atoms with Gasteiger partial charge in [-0.25, -0.2) is 22.8 Å². The van der Waals surface area contributed by atoms with Crippen molar-refractivity contribution in [3.63, 3.8) is 0 Å². The molecule has 0 aliphatic carbocycles. The van der Waals surface area contributed by atoms with E-state index >= 15 is 4.39 Å². The molecule has 0 saturated carbocycles. The zero-order valence-corrected chi connectivity index (χ0v) is 22.8. The number of alkyl halides is 2. The van der Waals surface area contributed by atoms with Crippen molar-refractivity contribution >= 4 is 26.6 Å². The second-order valence-corrected chi connectivity index (χ2v) is 10.1. The predicted molar refractivity (Wildman–Crippen MR) is 144 cm³/mol. The Morgan fingerprint density at radius 2 is 1.51 bits per heavy atom. The van der Waals surface area contributed by atoms with E-state index in [1.54, 1.807) is 26.4 Å². The van der Waals surface area contributed by atoms with Crippen LogP contribution in [0.3, 0.4) is 0 Å². The molecular formula is C27H26F3N3O7S. The van der Waals surface area contributed by atoms with Crippen molar-refractivity contribution in [2.24, 2.45) is 0 Å². The molecule has 0 saturated heterocycles. The first-order chi connectivity index (χ1) is 19.7. The summed E-state index contributed by atoms with van der Waals surface area (Å²) in [5.41, 5.74) is 0.737. The average molecular weight is 594 g/mol. The van der Waals surface area contributed by atoms with Crippen LogP contribution in [-0.2, 0) is 19.5 Å². The van der Waals surface area contributed by atoms with E-state index < -0.39 is 22.5 Å². The topological polar surface area (TPSA) is 118 Å². The summed E-state index contributed by atoms with van der Waals surface area (Å²) in [5.74, 6) is -0.175. The van der Waals surface area contributed by atoms with Crippen LogP contribution < -0.4 is 18.9 Å². The molecule has 0 atom stereocenters.